The Labute approximate surface area is 193 Å². The Morgan fingerprint density at radius 1 is 1.30 bits per heavy atom. The second kappa shape index (κ2) is 8.92. The number of halogens is 5. The maximum atomic E-state index is 13.5. The molecule has 1 aliphatic heterocycles. The van der Waals surface area contributed by atoms with Crippen molar-refractivity contribution in [3.8, 4) is 0 Å². The van der Waals surface area contributed by atoms with Crippen LogP contribution in [0, 0.1) is 5.82 Å². The van der Waals surface area contributed by atoms with Crippen LogP contribution in [0.2, 0.25) is 5.02 Å². The third-order valence-corrected chi connectivity index (χ3v) is 6.46. The van der Waals surface area contributed by atoms with Crippen LogP contribution >= 0.6 is 23.4 Å². The highest BCUT2D eigenvalue weighted by Crippen LogP contribution is 2.41. The Morgan fingerprint density at radius 2 is 2.06 bits per heavy atom. The first-order valence-electron chi connectivity index (χ1n) is 9.65. The first-order chi connectivity index (χ1) is 15.5. The van der Waals surface area contributed by atoms with Crippen molar-refractivity contribution in [2.45, 2.75) is 42.1 Å². The van der Waals surface area contributed by atoms with Gasteiger partial charge in [-0.25, -0.2) is 19.5 Å². The van der Waals surface area contributed by atoms with E-state index in [9.17, 15) is 27.5 Å². The van der Waals surface area contributed by atoms with Gasteiger partial charge in [-0.3, -0.25) is 4.79 Å². The van der Waals surface area contributed by atoms with E-state index in [4.69, 9.17) is 11.6 Å². The standard InChI is InChI=1S/C20H16ClF4N5O2S/c1-9(31)17-27-13-8-30(14-7-26-29-18(32)16(14)21)5-4-11(13)19(28-17)33-15-3-2-10(22)6-12(15)20(23,24)25/h2-3,6-7,9,31H,4-5,8H2,1H3,(H,29,32)/t9-/m1/s1. The average Bonchev–Trinajstić information content (AvgIpc) is 2.75. The van der Waals surface area contributed by atoms with Gasteiger partial charge in [-0.2, -0.15) is 18.3 Å². The molecule has 1 atom stereocenters. The Hall–Kier alpha value is -2.70. The van der Waals surface area contributed by atoms with Crippen molar-refractivity contribution in [1.29, 1.82) is 0 Å². The molecule has 0 saturated carbocycles. The third kappa shape index (κ3) is 4.82. The van der Waals surface area contributed by atoms with Gasteiger partial charge in [0.15, 0.2) is 5.82 Å². The zero-order valence-corrected chi connectivity index (χ0v) is 18.5. The maximum absolute atomic E-state index is 13.5. The molecule has 3 heterocycles. The van der Waals surface area contributed by atoms with E-state index >= 15 is 0 Å². The first-order valence-corrected chi connectivity index (χ1v) is 10.8. The van der Waals surface area contributed by atoms with Crippen LogP contribution in [0.4, 0.5) is 23.2 Å². The number of alkyl halides is 3. The molecule has 33 heavy (non-hydrogen) atoms. The summed E-state index contributed by atoms with van der Waals surface area (Å²) in [5.74, 6) is -0.969. The largest absolute Gasteiger partial charge is 0.417 e. The van der Waals surface area contributed by atoms with Crippen LogP contribution in [-0.2, 0) is 19.1 Å². The number of hydrogen-bond donors (Lipinski definition) is 2. The molecule has 2 N–H and O–H groups in total. The van der Waals surface area contributed by atoms with E-state index in [1.54, 1.807) is 4.90 Å². The number of H-pyrrole nitrogens is 1. The van der Waals surface area contributed by atoms with E-state index < -0.39 is 29.2 Å². The van der Waals surface area contributed by atoms with Crippen molar-refractivity contribution in [3.05, 3.63) is 68.2 Å². The van der Waals surface area contributed by atoms with Crippen molar-refractivity contribution in [2.75, 3.05) is 11.4 Å². The number of nitrogens with one attached hydrogen (secondary N) is 1. The van der Waals surface area contributed by atoms with E-state index in [0.717, 1.165) is 23.9 Å². The number of anilines is 1. The lowest BCUT2D eigenvalue weighted by Crippen LogP contribution is -2.33. The highest BCUT2D eigenvalue weighted by atomic mass is 35.5. The number of aromatic amines is 1. The van der Waals surface area contributed by atoms with Gasteiger partial charge >= 0.3 is 6.18 Å². The topological polar surface area (TPSA) is 95.0 Å². The van der Waals surface area contributed by atoms with E-state index in [0.29, 0.717) is 36.0 Å². The summed E-state index contributed by atoms with van der Waals surface area (Å²) in [6, 6.07) is 2.44. The summed E-state index contributed by atoms with van der Waals surface area (Å²) >= 11 is 6.85. The van der Waals surface area contributed by atoms with Crippen molar-refractivity contribution in [2.24, 2.45) is 0 Å². The molecule has 1 aromatic carbocycles. The van der Waals surface area contributed by atoms with Crippen LogP contribution in [0.3, 0.4) is 0 Å². The van der Waals surface area contributed by atoms with Gasteiger partial charge in [-0.15, -0.1) is 0 Å². The smallest absolute Gasteiger partial charge is 0.385 e. The second-order valence-corrected chi connectivity index (χ2v) is 8.71. The normalized spacial score (nSPS) is 14.8. The number of nitrogens with zero attached hydrogens (tertiary/aromatic N) is 4. The molecular formula is C20H16ClF4N5O2S. The minimum absolute atomic E-state index is 0.0314. The van der Waals surface area contributed by atoms with E-state index in [-0.39, 0.29) is 27.3 Å². The molecule has 0 spiro atoms. The highest BCUT2D eigenvalue weighted by Gasteiger charge is 2.35. The summed E-state index contributed by atoms with van der Waals surface area (Å²) < 4.78 is 54.0. The lowest BCUT2D eigenvalue weighted by atomic mass is 10.1. The summed E-state index contributed by atoms with van der Waals surface area (Å²) in [5.41, 5.74) is -0.208. The van der Waals surface area contributed by atoms with Crippen molar-refractivity contribution in [1.82, 2.24) is 20.2 Å². The number of rotatable bonds is 4. The SMILES string of the molecule is C[C@@H](O)c1nc2c(c(Sc3ccc(F)cc3C(F)(F)F)n1)CCN(c1cn[nH]c(=O)c1Cl)C2. The van der Waals surface area contributed by atoms with Gasteiger partial charge in [0.2, 0.25) is 0 Å². The highest BCUT2D eigenvalue weighted by molar-refractivity contribution is 7.99. The van der Waals surface area contributed by atoms with Gasteiger partial charge in [-0.05, 0) is 31.5 Å². The zero-order valence-electron chi connectivity index (χ0n) is 17.0. The summed E-state index contributed by atoms with van der Waals surface area (Å²) in [7, 11) is 0. The van der Waals surface area contributed by atoms with Gasteiger partial charge in [0.1, 0.15) is 22.0 Å². The molecule has 0 radical (unpaired) electrons. The van der Waals surface area contributed by atoms with Crippen molar-refractivity contribution in [3.63, 3.8) is 0 Å². The molecule has 0 unspecified atom stereocenters. The number of aliphatic hydroxyl groups excluding tert-OH is 1. The van der Waals surface area contributed by atoms with Crippen LogP contribution in [0.5, 0.6) is 0 Å². The lowest BCUT2D eigenvalue weighted by molar-refractivity contribution is -0.139. The summed E-state index contributed by atoms with van der Waals surface area (Å²) in [6.45, 7) is 1.98. The Kier molecular flexibility index (Phi) is 6.34. The summed E-state index contributed by atoms with van der Waals surface area (Å²) in [5, 5.41) is 16.2. The molecule has 1 aliphatic rings. The molecule has 0 amide bonds. The Bertz CT molecular complexity index is 1270. The van der Waals surface area contributed by atoms with E-state index in [1.807, 2.05) is 0 Å². The number of hydrogen-bond acceptors (Lipinski definition) is 7. The van der Waals surface area contributed by atoms with Crippen LogP contribution in [0.1, 0.15) is 35.7 Å². The molecule has 3 aromatic rings. The Balaban J connectivity index is 1.76. The van der Waals surface area contributed by atoms with Crippen LogP contribution in [0.25, 0.3) is 0 Å². The van der Waals surface area contributed by atoms with Gasteiger partial charge in [0, 0.05) is 17.0 Å². The fraction of sp³-hybridized carbons (Fsp3) is 0.300. The number of fused-ring (bicyclic) bond motifs is 1. The molecule has 0 aliphatic carbocycles. The molecule has 0 fully saturated rings. The minimum atomic E-state index is -4.76. The van der Waals surface area contributed by atoms with Crippen LogP contribution in [0.15, 0.2) is 39.1 Å². The maximum Gasteiger partial charge on any atom is 0.417 e. The molecular weight excluding hydrogens is 486 g/mol. The quantitative estimate of drug-likeness (QED) is 0.410. The monoisotopic (exact) mass is 501 g/mol. The lowest BCUT2D eigenvalue weighted by Gasteiger charge is -2.31. The second-order valence-electron chi connectivity index (χ2n) is 7.30. The molecule has 13 heteroatoms. The van der Waals surface area contributed by atoms with Gasteiger partial charge in [0.05, 0.1) is 29.7 Å². The average molecular weight is 502 g/mol. The summed E-state index contributed by atoms with van der Waals surface area (Å²) in [6.07, 6.45) is -4.10. The predicted octanol–water partition coefficient (Wildman–Crippen LogP) is 4.14. The van der Waals surface area contributed by atoms with E-state index in [2.05, 4.69) is 20.2 Å². The van der Waals surface area contributed by atoms with Crippen LogP contribution in [-0.4, -0.2) is 31.8 Å². The minimum Gasteiger partial charge on any atom is -0.385 e. The molecule has 0 bridgehead atoms. The predicted molar refractivity (Wildman–Crippen MR) is 113 cm³/mol. The summed E-state index contributed by atoms with van der Waals surface area (Å²) in [4.78, 5) is 22.0. The number of aliphatic hydroxyl groups is 1. The fourth-order valence-electron chi connectivity index (χ4n) is 3.40. The molecule has 174 valence electrons. The first kappa shape index (κ1) is 23.5. The van der Waals surface area contributed by atoms with Crippen molar-refractivity contribution >= 4 is 29.1 Å². The molecule has 0 saturated heterocycles. The van der Waals surface area contributed by atoms with Crippen molar-refractivity contribution < 1.29 is 22.7 Å². The zero-order chi connectivity index (χ0) is 23.9. The number of benzene rings is 1. The fourth-order valence-corrected chi connectivity index (χ4v) is 4.72. The third-order valence-electron chi connectivity index (χ3n) is 4.99. The van der Waals surface area contributed by atoms with Gasteiger partial charge in [-0.1, -0.05) is 23.4 Å². The molecule has 7 nitrogen and oxygen atoms in total. The van der Waals surface area contributed by atoms with Gasteiger partial charge < -0.3 is 10.0 Å². The molecule has 2 aromatic heterocycles. The number of aromatic nitrogens is 4. The Morgan fingerprint density at radius 3 is 2.76 bits per heavy atom. The van der Waals surface area contributed by atoms with E-state index in [1.165, 1.54) is 13.1 Å². The molecule has 4 rings (SSSR count). The van der Waals surface area contributed by atoms with Gasteiger partial charge in [0.25, 0.3) is 5.56 Å². The van der Waals surface area contributed by atoms with Crippen LogP contribution < -0.4 is 10.5 Å².